The second-order valence-corrected chi connectivity index (χ2v) is 10.3. The minimum Gasteiger partial charge on any atom is -0.508 e. The molecule has 34 heavy (non-hydrogen) atoms. The number of rotatable bonds is 24. The molecule has 3 nitrogen and oxygen atoms in total. The lowest BCUT2D eigenvalue weighted by Gasteiger charge is -2.09. The first-order valence-corrected chi connectivity index (χ1v) is 14.8. The SMILES string of the molecule is CCCCCCCCCCCCCCCCCCCCCC(=S)NCCOc1ccc(O)cc1. The molecule has 0 saturated heterocycles. The smallest absolute Gasteiger partial charge is 0.119 e. The number of phenols is 1. The summed E-state index contributed by atoms with van der Waals surface area (Å²) < 4.78 is 5.62. The summed E-state index contributed by atoms with van der Waals surface area (Å²) >= 11 is 5.42. The van der Waals surface area contributed by atoms with Crippen molar-refractivity contribution in [1.29, 1.82) is 0 Å². The average molecular weight is 492 g/mol. The number of thiocarbonyl (C=S) groups is 1. The van der Waals surface area contributed by atoms with E-state index in [-0.39, 0.29) is 5.75 Å². The molecule has 4 heteroatoms. The van der Waals surface area contributed by atoms with Gasteiger partial charge in [0, 0.05) is 6.54 Å². The first-order chi connectivity index (χ1) is 16.7. The summed E-state index contributed by atoms with van der Waals surface area (Å²) in [6.45, 7) is 3.59. The highest BCUT2D eigenvalue weighted by Gasteiger charge is 1.99. The Kier molecular flexibility index (Phi) is 21.2. The Morgan fingerprint density at radius 2 is 1.09 bits per heavy atom. The summed E-state index contributed by atoms with van der Waals surface area (Å²) in [4.78, 5) is 0.946. The third-order valence-corrected chi connectivity index (χ3v) is 6.89. The van der Waals surface area contributed by atoms with E-state index >= 15 is 0 Å². The van der Waals surface area contributed by atoms with Gasteiger partial charge in [0.05, 0.1) is 4.99 Å². The van der Waals surface area contributed by atoms with Crippen molar-refractivity contribution in [3.8, 4) is 11.5 Å². The molecule has 1 aromatic carbocycles. The van der Waals surface area contributed by atoms with Crippen LogP contribution < -0.4 is 10.1 Å². The molecule has 0 aliphatic heterocycles. The largest absolute Gasteiger partial charge is 0.508 e. The van der Waals surface area contributed by atoms with E-state index in [1.54, 1.807) is 24.3 Å². The Labute approximate surface area is 216 Å². The van der Waals surface area contributed by atoms with Gasteiger partial charge in [-0.05, 0) is 37.1 Å². The van der Waals surface area contributed by atoms with Crippen LogP contribution in [0.5, 0.6) is 11.5 Å². The number of benzene rings is 1. The fourth-order valence-electron chi connectivity index (χ4n) is 4.35. The van der Waals surface area contributed by atoms with E-state index in [4.69, 9.17) is 17.0 Å². The van der Waals surface area contributed by atoms with Gasteiger partial charge >= 0.3 is 0 Å². The van der Waals surface area contributed by atoms with Crippen molar-refractivity contribution >= 4 is 17.2 Å². The number of ether oxygens (including phenoxy) is 1. The van der Waals surface area contributed by atoms with Crippen molar-refractivity contribution in [2.24, 2.45) is 0 Å². The minimum atomic E-state index is 0.256. The molecule has 0 fully saturated rings. The lowest BCUT2D eigenvalue weighted by molar-refractivity contribution is 0.322. The van der Waals surface area contributed by atoms with Crippen LogP contribution in [0.4, 0.5) is 0 Å². The molecule has 2 N–H and O–H groups in total. The van der Waals surface area contributed by atoms with E-state index in [2.05, 4.69) is 12.2 Å². The average Bonchev–Trinajstić information content (AvgIpc) is 2.84. The van der Waals surface area contributed by atoms with Gasteiger partial charge in [0.15, 0.2) is 0 Å². The summed E-state index contributed by atoms with van der Waals surface area (Å²) in [6, 6.07) is 6.80. The number of hydrogen-bond donors (Lipinski definition) is 2. The quantitative estimate of drug-likeness (QED) is 0.112. The standard InChI is InChI=1S/C30H53NO2S/c1-2-3-4-5-6-7-8-9-10-11-12-13-14-15-16-17-18-19-20-21-30(34)31-26-27-33-29-24-22-28(32)23-25-29/h22-25,32H,2-21,26-27H2,1H3,(H,31,34). The maximum atomic E-state index is 9.27. The van der Waals surface area contributed by atoms with Gasteiger partial charge in [-0.2, -0.15) is 0 Å². The van der Waals surface area contributed by atoms with E-state index in [1.165, 1.54) is 122 Å². The Balaban J connectivity index is 1.73. The molecule has 1 aromatic rings. The van der Waals surface area contributed by atoms with Crippen molar-refractivity contribution in [3.63, 3.8) is 0 Å². The van der Waals surface area contributed by atoms with Crippen LogP contribution in [0.15, 0.2) is 24.3 Å². The molecule has 0 aliphatic carbocycles. The molecule has 0 aliphatic rings. The maximum absolute atomic E-state index is 9.27. The van der Waals surface area contributed by atoms with Gasteiger partial charge in [-0.25, -0.2) is 0 Å². The van der Waals surface area contributed by atoms with Crippen molar-refractivity contribution in [2.75, 3.05) is 13.2 Å². The van der Waals surface area contributed by atoms with Gasteiger partial charge in [0.25, 0.3) is 0 Å². The van der Waals surface area contributed by atoms with Crippen molar-refractivity contribution in [2.45, 2.75) is 135 Å². The second kappa shape index (κ2) is 23.5. The van der Waals surface area contributed by atoms with Crippen molar-refractivity contribution < 1.29 is 9.84 Å². The molecule has 0 unspecified atom stereocenters. The molecule has 0 bridgehead atoms. The van der Waals surface area contributed by atoms with Crippen LogP contribution in [-0.2, 0) is 0 Å². The van der Waals surface area contributed by atoms with Gasteiger partial charge in [0.1, 0.15) is 18.1 Å². The Hall–Kier alpha value is -1.29. The van der Waals surface area contributed by atoms with E-state index in [0.29, 0.717) is 6.61 Å². The minimum absolute atomic E-state index is 0.256. The topological polar surface area (TPSA) is 41.5 Å². The van der Waals surface area contributed by atoms with Gasteiger partial charge < -0.3 is 15.2 Å². The van der Waals surface area contributed by atoms with Crippen LogP contribution in [0.2, 0.25) is 0 Å². The summed E-state index contributed by atoms with van der Waals surface area (Å²) in [5.41, 5.74) is 0. The van der Waals surface area contributed by atoms with Crippen LogP contribution in [0.1, 0.15) is 135 Å². The lowest BCUT2D eigenvalue weighted by Crippen LogP contribution is -2.26. The van der Waals surface area contributed by atoms with Crippen molar-refractivity contribution in [3.05, 3.63) is 24.3 Å². The number of aromatic hydroxyl groups is 1. The Bertz CT molecular complexity index is 576. The summed E-state index contributed by atoms with van der Waals surface area (Å²) in [5.74, 6) is 1.02. The Morgan fingerprint density at radius 3 is 1.53 bits per heavy atom. The zero-order valence-electron chi connectivity index (χ0n) is 22.1. The fraction of sp³-hybridized carbons (Fsp3) is 0.767. The molecule has 0 atom stereocenters. The Morgan fingerprint density at radius 1 is 0.676 bits per heavy atom. The molecule has 0 saturated carbocycles. The van der Waals surface area contributed by atoms with E-state index in [0.717, 1.165) is 23.7 Å². The van der Waals surface area contributed by atoms with Gasteiger partial charge in [-0.1, -0.05) is 135 Å². The molecule has 196 valence electrons. The van der Waals surface area contributed by atoms with Crippen LogP contribution >= 0.6 is 12.2 Å². The van der Waals surface area contributed by atoms with Crippen LogP contribution in [0, 0.1) is 0 Å². The third-order valence-electron chi connectivity index (χ3n) is 6.54. The monoisotopic (exact) mass is 491 g/mol. The molecule has 0 aromatic heterocycles. The highest BCUT2D eigenvalue weighted by molar-refractivity contribution is 7.80. The summed E-state index contributed by atoms with van der Waals surface area (Å²) in [6.07, 6.45) is 27.7. The zero-order chi connectivity index (χ0) is 24.5. The molecular weight excluding hydrogens is 438 g/mol. The predicted molar refractivity (Wildman–Crippen MR) is 152 cm³/mol. The zero-order valence-corrected chi connectivity index (χ0v) is 22.9. The van der Waals surface area contributed by atoms with E-state index in [1.807, 2.05) is 0 Å². The molecule has 0 amide bonds. The maximum Gasteiger partial charge on any atom is 0.119 e. The summed E-state index contributed by atoms with van der Waals surface area (Å²) in [7, 11) is 0. The predicted octanol–water partition coefficient (Wildman–Crippen LogP) is 9.51. The van der Waals surface area contributed by atoms with E-state index < -0.39 is 0 Å². The van der Waals surface area contributed by atoms with Crippen molar-refractivity contribution in [1.82, 2.24) is 5.32 Å². The lowest BCUT2D eigenvalue weighted by atomic mass is 10.0. The normalized spacial score (nSPS) is 11.0. The van der Waals surface area contributed by atoms with E-state index in [9.17, 15) is 5.11 Å². The number of hydrogen-bond acceptors (Lipinski definition) is 3. The molecular formula is C30H53NO2S. The number of phenolic OH excluding ortho intramolecular Hbond substituents is 1. The highest BCUT2D eigenvalue weighted by Crippen LogP contribution is 2.16. The molecule has 1 rings (SSSR count). The second-order valence-electron chi connectivity index (χ2n) is 9.81. The summed E-state index contributed by atoms with van der Waals surface area (Å²) in [5, 5.41) is 12.5. The van der Waals surface area contributed by atoms with Crippen LogP contribution in [-0.4, -0.2) is 23.2 Å². The van der Waals surface area contributed by atoms with Gasteiger partial charge in [0.2, 0.25) is 0 Å². The highest BCUT2D eigenvalue weighted by atomic mass is 32.1. The molecule has 0 spiro atoms. The van der Waals surface area contributed by atoms with Crippen LogP contribution in [0.3, 0.4) is 0 Å². The van der Waals surface area contributed by atoms with Crippen LogP contribution in [0.25, 0.3) is 0 Å². The number of unbranched alkanes of at least 4 members (excludes halogenated alkanes) is 18. The first kappa shape index (κ1) is 30.7. The first-order valence-electron chi connectivity index (χ1n) is 14.4. The van der Waals surface area contributed by atoms with Gasteiger partial charge in [-0.15, -0.1) is 0 Å². The van der Waals surface area contributed by atoms with Gasteiger partial charge in [-0.3, -0.25) is 0 Å². The number of nitrogens with one attached hydrogen (secondary N) is 1. The fourth-order valence-corrected chi connectivity index (χ4v) is 4.60. The molecule has 0 heterocycles. The molecule has 0 radical (unpaired) electrons. The third kappa shape index (κ3) is 20.1.